The number of carbonyl (C=O) groups is 1. The fraction of sp³-hybridized carbons (Fsp3) is 0.125. The summed E-state index contributed by atoms with van der Waals surface area (Å²) >= 11 is 0. The van der Waals surface area contributed by atoms with Crippen LogP contribution in [0.15, 0.2) is 79.0 Å². The topological polar surface area (TPSA) is 69.0 Å². The van der Waals surface area contributed by atoms with Gasteiger partial charge in [0.05, 0.1) is 11.9 Å². The quantitative estimate of drug-likeness (QED) is 0.474. The van der Waals surface area contributed by atoms with Gasteiger partial charge in [-0.05, 0) is 67.4 Å². The molecule has 156 valence electrons. The van der Waals surface area contributed by atoms with E-state index in [0.29, 0.717) is 17.1 Å². The molecule has 0 spiro atoms. The van der Waals surface area contributed by atoms with Gasteiger partial charge in [0.1, 0.15) is 17.7 Å². The summed E-state index contributed by atoms with van der Waals surface area (Å²) in [4.78, 5) is 12.6. The van der Waals surface area contributed by atoms with E-state index < -0.39 is 0 Å². The van der Waals surface area contributed by atoms with Gasteiger partial charge < -0.3 is 10.1 Å². The molecule has 0 saturated carbocycles. The minimum Gasteiger partial charge on any atom is -0.486 e. The Bertz CT molecular complexity index is 1190. The van der Waals surface area contributed by atoms with Gasteiger partial charge >= 0.3 is 0 Å². The van der Waals surface area contributed by atoms with Crippen molar-refractivity contribution >= 4 is 11.6 Å². The average Bonchev–Trinajstić information content (AvgIpc) is 3.27. The van der Waals surface area contributed by atoms with Crippen LogP contribution in [0.5, 0.6) is 5.75 Å². The lowest BCUT2D eigenvalue weighted by Gasteiger charge is -2.16. The largest absolute Gasteiger partial charge is 0.486 e. The van der Waals surface area contributed by atoms with Gasteiger partial charge in [0.25, 0.3) is 5.91 Å². The molecule has 7 heteroatoms. The van der Waals surface area contributed by atoms with E-state index in [1.54, 1.807) is 18.2 Å². The fourth-order valence-corrected chi connectivity index (χ4v) is 3.12. The number of hydrogen-bond acceptors (Lipinski definition) is 4. The van der Waals surface area contributed by atoms with Crippen LogP contribution in [0.2, 0.25) is 0 Å². The number of carbonyl (C=O) groups excluding carboxylic acids is 1. The lowest BCUT2D eigenvalue weighted by atomic mass is 10.1. The highest BCUT2D eigenvalue weighted by Gasteiger charge is 2.14. The monoisotopic (exact) mass is 416 g/mol. The van der Waals surface area contributed by atoms with E-state index in [9.17, 15) is 9.18 Å². The summed E-state index contributed by atoms with van der Waals surface area (Å²) in [6.45, 7) is 3.88. The van der Waals surface area contributed by atoms with E-state index in [-0.39, 0.29) is 23.5 Å². The van der Waals surface area contributed by atoms with Crippen molar-refractivity contribution in [3.05, 3.63) is 102 Å². The van der Waals surface area contributed by atoms with Crippen LogP contribution in [0.4, 0.5) is 10.1 Å². The van der Waals surface area contributed by atoms with Crippen LogP contribution in [0.3, 0.4) is 0 Å². The molecule has 1 amide bonds. The summed E-state index contributed by atoms with van der Waals surface area (Å²) in [6.07, 6.45) is 1.40. The zero-order chi connectivity index (χ0) is 21.8. The summed E-state index contributed by atoms with van der Waals surface area (Å²) in [5, 5.41) is 10.7. The second kappa shape index (κ2) is 8.79. The molecule has 0 aliphatic carbocycles. The van der Waals surface area contributed by atoms with Crippen LogP contribution in [0.1, 0.15) is 34.6 Å². The normalized spacial score (nSPS) is 11.7. The maximum atomic E-state index is 13.1. The molecule has 4 aromatic rings. The predicted molar refractivity (Wildman–Crippen MR) is 116 cm³/mol. The Hall–Kier alpha value is -4.00. The number of aromatic nitrogens is 3. The van der Waals surface area contributed by atoms with E-state index in [1.165, 1.54) is 23.0 Å². The maximum Gasteiger partial charge on any atom is 0.277 e. The standard InChI is InChI=1S/C24H21FN4O2/c1-16-14-21(31-17(2)18-6-4-3-5-7-18)12-13-22(16)26-24(30)23-15-29(28-27-23)20-10-8-19(25)9-11-20/h3-15,17H,1-2H3,(H,26,30). The Labute approximate surface area is 179 Å². The summed E-state index contributed by atoms with van der Waals surface area (Å²) in [7, 11) is 0. The third-order valence-corrected chi connectivity index (χ3v) is 4.85. The predicted octanol–water partition coefficient (Wildman–Crippen LogP) is 5.11. The number of nitrogens with one attached hydrogen (secondary N) is 1. The first-order valence-corrected chi connectivity index (χ1v) is 9.81. The van der Waals surface area contributed by atoms with Crippen molar-refractivity contribution in [3.8, 4) is 11.4 Å². The van der Waals surface area contributed by atoms with Gasteiger partial charge in [-0.15, -0.1) is 5.10 Å². The lowest BCUT2D eigenvalue weighted by Crippen LogP contribution is -2.13. The molecule has 1 N–H and O–H groups in total. The molecule has 0 aliphatic rings. The van der Waals surface area contributed by atoms with Crippen molar-refractivity contribution in [3.63, 3.8) is 0 Å². The van der Waals surface area contributed by atoms with Gasteiger partial charge in [-0.25, -0.2) is 9.07 Å². The number of ether oxygens (including phenoxy) is 1. The molecule has 31 heavy (non-hydrogen) atoms. The zero-order valence-corrected chi connectivity index (χ0v) is 17.1. The maximum absolute atomic E-state index is 13.1. The van der Waals surface area contributed by atoms with Gasteiger partial charge in [-0.1, -0.05) is 35.5 Å². The fourth-order valence-electron chi connectivity index (χ4n) is 3.12. The van der Waals surface area contributed by atoms with Crippen molar-refractivity contribution in [1.29, 1.82) is 0 Å². The molecule has 0 radical (unpaired) electrons. The summed E-state index contributed by atoms with van der Waals surface area (Å²) in [5.74, 6) is -0.0141. The molecule has 4 rings (SSSR count). The van der Waals surface area contributed by atoms with Crippen LogP contribution >= 0.6 is 0 Å². The molecule has 6 nitrogen and oxygen atoms in total. The highest BCUT2D eigenvalue weighted by Crippen LogP contribution is 2.26. The van der Waals surface area contributed by atoms with Crippen molar-refractivity contribution in [2.45, 2.75) is 20.0 Å². The Morgan fingerprint density at radius 3 is 2.52 bits per heavy atom. The van der Waals surface area contributed by atoms with Gasteiger partial charge in [0.2, 0.25) is 0 Å². The molecule has 1 aromatic heterocycles. The molecular formula is C24H21FN4O2. The summed E-state index contributed by atoms with van der Waals surface area (Å²) in [5.41, 5.74) is 3.36. The number of nitrogens with zero attached hydrogens (tertiary/aromatic N) is 3. The minimum absolute atomic E-state index is 0.0949. The molecular weight excluding hydrogens is 395 g/mol. The van der Waals surface area contributed by atoms with Gasteiger partial charge in [-0.3, -0.25) is 4.79 Å². The molecule has 1 atom stereocenters. The van der Waals surface area contributed by atoms with Gasteiger partial charge in [0.15, 0.2) is 5.69 Å². The number of amides is 1. The highest BCUT2D eigenvalue weighted by molar-refractivity contribution is 6.03. The Morgan fingerprint density at radius 2 is 1.81 bits per heavy atom. The number of aryl methyl sites for hydroxylation is 1. The Morgan fingerprint density at radius 1 is 1.06 bits per heavy atom. The molecule has 3 aromatic carbocycles. The number of halogens is 1. The second-order valence-corrected chi connectivity index (χ2v) is 7.13. The van der Waals surface area contributed by atoms with Crippen molar-refractivity contribution in [1.82, 2.24) is 15.0 Å². The van der Waals surface area contributed by atoms with Crippen LogP contribution in [-0.2, 0) is 0 Å². The van der Waals surface area contributed by atoms with Crippen molar-refractivity contribution in [2.24, 2.45) is 0 Å². The SMILES string of the molecule is Cc1cc(OC(C)c2ccccc2)ccc1NC(=O)c1cn(-c2ccc(F)cc2)nn1. The first-order chi connectivity index (χ1) is 15.0. The molecule has 0 saturated heterocycles. The van der Waals surface area contributed by atoms with E-state index in [1.807, 2.05) is 56.3 Å². The summed E-state index contributed by atoms with van der Waals surface area (Å²) < 4.78 is 20.5. The van der Waals surface area contributed by atoms with E-state index in [0.717, 1.165) is 11.1 Å². The number of hydrogen-bond donors (Lipinski definition) is 1. The van der Waals surface area contributed by atoms with Crippen LogP contribution in [-0.4, -0.2) is 20.9 Å². The van der Waals surface area contributed by atoms with Crippen molar-refractivity contribution < 1.29 is 13.9 Å². The number of anilines is 1. The van der Waals surface area contributed by atoms with Crippen LogP contribution in [0, 0.1) is 12.7 Å². The third kappa shape index (κ3) is 4.78. The molecule has 1 unspecified atom stereocenters. The number of benzene rings is 3. The summed E-state index contributed by atoms with van der Waals surface area (Å²) in [6, 6.07) is 21.2. The van der Waals surface area contributed by atoms with Gasteiger partial charge in [0, 0.05) is 5.69 Å². The minimum atomic E-state index is -0.386. The molecule has 0 bridgehead atoms. The molecule has 0 fully saturated rings. The lowest BCUT2D eigenvalue weighted by molar-refractivity contribution is 0.102. The Kier molecular flexibility index (Phi) is 5.75. The van der Waals surface area contributed by atoms with Crippen LogP contribution < -0.4 is 10.1 Å². The van der Waals surface area contributed by atoms with E-state index >= 15 is 0 Å². The zero-order valence-electron chi connectivity index (χ0n) is 17.1. The highest BCUT2D eigenvalue weighted by atomic mass is 19.1. The second-order valence-electron chi connectivity index (χ2n) is 7.13. The Balaban J connectivity index is 1.43. The molecule has 1 heterocycles. The number of rotatable bonds is 6. The van der Waals surface area contributed by atoms with Crippen LogP contribution in [0.25, 0.3) is 5.69 Å². The first kappa shape index (κ1) is 20.3. The third-order valence-electron chi connectivity index (χ3n) is 4.85. The first-order valence-electron chi connectivity index (χ1n) is 9.81. The molecule has 0 aliphatic heterocycles. The van der Waals surface area contributed by atoms with Gasteiger partial charge in [-0.2, -0.15) is 0 Å². The van der Waals surface area contributed by atoms with E-state index in [2.05, 4.69) is 15.6 Å². The van der Waals surface area contributed by atoms with Crippen molar-refractivity contribution in [2.75, 3.05) is 5.32 Å². The smallest absolute Gasteiger partial charge is 0.277 e. The average molecular weight is 416 g/mol. The van der Waals surface area contributed by atoms with E-state index in [4.69, 9.17) is 4.74 Å².